The summed E-state index contributed by atoms with van der Waals surface area (Å²) in [6, 6.07) is 26.4. The van der Waals surface area contributed by atoms with Gasteiger partial charge < -0.3 is 10.0 Å². The van der Waals surface area contributed by atoms with Gasteiger partial charge in [0.25, 0.3) is 0 Å². The molecule has 3 nitrogen and oxygen atoms in total. The van der Waals surface area contributed by atoms with Crippen LogP contribution in [-0.2, 0) is 13.1 Å². The Balaban J connectivity index is 1.89. The first-order valence-corrected chi connectivity index (χ1v) is 11.2. The Labute approximate surface area is 184 Å². The number of nitrogens with zero attached hydrogens (tertiary/aromatic N) is 2. The predicted octanol–water partition coefficient (Wildman–Crippen LogP) is 6.51. The van der Waals surface area contributed by atoms with Crippen LogP contribution < -0.4 is 0 Å². The summed E-state index contributed by atoms with van der Waals surface area (Å²) >= 11 is 1.72. The molecule has 0 aliphatic carbocycles. The maximum Gasteiger partial charge on any atom is 0.164 e. The number of hydrogen-bond donors (Lipinski definition) is 1. The average Bonchev–Trinajstić information content (AvgIpc) is 2.74. The molecule has 0 fully saturated rings. The third kappa shape index (κ3) is 6.96. The van der Waals surface area contributed by atoms with E-state index in [1.165, 1.54) is 16.0 Å². The van der Waals surface area contributed by atoms with E-state index in [0.717, 1.165) is 23.8 Å². The second-order valence-corrected chi connectivity index (χ2v) is 8.98. The van der Waals surface area contributed by atoms with Crippen LogP contribution in [0, 0.1) is 12.8 Å². The number of benzene rings is 3. The van der Waals surface area contributed by atoms with Gasteiger partial charge in [0.05, 0.1) is 6.54 Å². The van der Waals surface area contributed by atoms with Crippen LogP contribution in [0.25, 0.3) is 0 Å². The molecular formula is C26H30N2OS. The lowest BCUT2D eigenvalue weighted by Gasteiger charge is -2.28. The van der Waals surface area contributed by atoms with Crippen molar-refractivity contribution in [3.63, 3.8) is 0 Å². The molecule has 156 valence electrons. The molecule has 0 radical (unpaired) electrons. The third-order valence-electron chi connectivity index (χ3n) is 4.64. The molecule has 0 aliphatic rings. The van der Waals surface area contributed by atoms with Crippen molar-refractivity contribution >= 4 is 16.9 Å². The Morgan fingerprint density at radius 1 is 0.900 bits per heavy atom. The quantitative estimate of drug-likeness (QED) is 0.270. The van der Waals surface area contributed by atoms with Crippen LogP contribution in [0.4, 0.5) is 0 Å². The summed E-state index contributed by atoms with van der Waals surface area (Å²) in [5.41, 5.74) is 3.62. The van der Waals surface area contributed by atoms with Crippen molar-refractivity contribution in [2.45, 2.75) is 38.8 Å². The molecule has 0 heterocycles. The van der Waals surface area contributed by atoms with Gasteiger partial charge in [-0.2, -0.15) is 0 Å². The van der Waals surface area contributed by atoms with Crippen LogP contribution in [0.2, 0.25) is 0 Å². The number of aromatic hydroxyl groups is 1. The topological polar surface area (TPSA) is 35.8 Å². The van der Waals surface area contributed by atoms with Gasteiger partial charge in [-0.05, 0) is 48.2 Å². The zero-order valence-electron chi connectivity index (χ0n) is 18.0. The zero-order chi connectivity index (χ0) is 21.3. The van der Waals surface area contributed by atoms with E-state index in [9.17, 15) is 5.11 Å². The molecule has 3 rings (SSSR count). The van der Waals surface area contributed by atoms with Gasteiger partial charge in [0.2, 0.25) is 0 Å². The molecule has 30 heavy (non-hydrogen) atoms. The highest BCUT2D eigenvalue weighted by Gasteiger charge is 2.16. The number of rotatable bonds is 7. The monoisotopic (exact) mass is 418 g/mol. The number of aryl methyl sites for hydroxylation is 1. The van der Waals surface area contributed by atoms with Crippen molar-refractivity contribution in [2.75, 3.05) is 6.54 Å². The van der Waals surface area contributed by atoms with E-state index in [0.29, 0.717) is 18.2 Å². The SMILES string of the molecule is Cc1ccc(SC(=NCc2ccccc2)N(Cc2ccc(O)cc2)CC(C)C)cc1. The Kier molecular flexibility index (Phi) is 7.97. The maximum absolute atomic E-state index is 9.63. The lowest BCUT2D eigenvalue weighted by atomic mass is 10.1. The second kappa shape index (κ2) is 10.9. The van der Waals surface area contributed by atoms with Gasteiger partial charge in [-0.1, -0.05) is 85.8 Å². The maximum atomic E-state index is 9.63. The van der Waals surface area contributed by atoms with E-state index in [-0.39, 0.29) is 0 Å². The molecule has 1 N–H and O–H groups in total. The van der Waals surface area contributed by atoms with Gasteiger partial charge in [0, 0.05) is 18.0 Å². The standard InChI is InChI=1S/C26H30N2OS/c1-20(2)18-28(19-23-11-13-24(29)14-12-23)26(27-17-22-7-5-4-6-8-22)30-25-15-9-21(3)10-16-25/h4-16,20,29H,17-19H2,1-3H3. The molecule has 0 bridgehead atoms. The minimum Gasteiger partial charge on any atom is -0.508 e. The summed E-state index contributed by atoms with van der Waals surface area (Å²) in [4.78, 5) is 8.57. The van der Waals surface area contributed by atoms with Gasteiger partial charge >= 0.3 is 0 Å². The van der Waals surface area contributed by atoms with Crippen LogP contribution >= 0.6 is 11.8 Å². The minimum absolute atomic E-state index is 0.293. The molecule has 0 amide bonds. The number of thioether (sulfide) groups is 1. The first-order valence-electron chi connectivity index (χ1n) is 10.4. The molecule has 3 aromatic carbocycles. The molecule has 0 atom stereocenters. The van der Waals surface area contributed by atoms with Gasteiger partial charge in [-0.25, -0.2) is 0 Å². The van der Waals surface area contributed by atoms with Gasteiger partial charge in [0.15, 0.2) is 5.17 Å². The first-order chi connectivity index (χ1) is 14.5. The highest BCUT2D eigenvalue weighted by Crippen LogP contribution is 2.25. The van der Waals surface area contributed by atoms with Crippen molar-refractivity contribution < 1.29 is 5.11 Å². The second-order valence-electron chi connectivity index (χ2n) is 7.94. The molecule has 0 spiro atoms. The average molecular weight is 419 g/mol. The smallest absolute Gasteiger partial charge is 0.164 e. The number of phenolic OH excluding ortho intramolecular Hbond substituents is 1. The van der Waals surface area contributed by atoms with Crippen molar-refractivity contribution in [2.24, 2.45) is 10.9 Å². The molecule has 0 aliphatic heterocycles. The van der Waals surface area contributed by atoms with Crippen LogP contribution in [0.1, 0.15) is 30.5 Å². The van der Waals surface area contributed by atoms with Crippen LogP contribution in [0.3, 0.4) is 0 Å². The highest BCUT2D eigenvalue weighted by molar-refractivity contribution is 8.13. The van der Waals surface area contributed by atoms with E-state index in [2.05, 4.69) is 74.2 Å². The van der Waals surface area contributed by atoms with E-state index in [1.54, 1.807) is 23.9 Å². The number of aliphatic imine (C=N–C) groups is 1. The third-order valence-corrected chi connectivity index (χ3v) is 5.71. The fourth-order valence-corrected chi connectivity index (χ4v) is 4.00. The van der Waals surface area contributed by atoms with E-state index in [4.69, 9.17) is 4.99 Å². The number of phenols is 1. The lowest BCUT2D eigenvalue weighted by molar-refractivity contribution is 0.364. The summed E-state index contributed by atoms with van der Waals surface area (Å²) < 4.78 is 0. The van der Waals surface area contributed by atoms with Crippen molar-refractivity contribution in [3.05, 3.63) is 95.6 Å². The Hall–Kier alpha value is -2.72. The molecule has 0 aromatic heterocycles. The van der Waals surface area contributed by atoms with Crippen LogP contribution in [-0.4, -0.2) is 21.7 Å². The molecule has 3 aromatic rings. The van der Waals surface area contributed by atoms with Crippen molar-refractivity contribution in [1.82, 2.24) is 4.90 Å². The lowest BCUT2D eigenvalue weighted by Crippen LogP contribution is -2.32. The summed E-state index contributed by atoms with van der Waals surface area (Å²) in [5, 5.41) is 10.6. The summed E-state index contributed by atoms with van der Waals surface area (Å²) in [5.74, 6) is 0.795. The predicted molar refractivity (Wildman–Crippen MR) is 128 cm³/mol. The molecule has 0 saturated heterocycles. The normalized spacial score (nSPS) is 11.7. The van der Waals surface area contributed by atoms with Crippen LogP contribution in [0.15, 0.2) is 88.8 Å². The summed E-state index contributed by atoms with van der Waals surface area (Å²) in [6.45, 7) is 8.89. The Morgan fingerprint density at radius 2 is 1.57 bits per heavy atom. The Bertz CT molecular complexity index is 935. The van der Waals surface area contributed by atoms with Gasteiger partial charge in [0.1, 0.15) is 5.75 Å². The van der Waals surface area contributed by atoms with E-state index >= 15 is 0 Å². The van der Waals surface area contributed by atoms with Gasteiger partial charge in [-0.15, -0.1) is 0 Å². The van der Waals surface area contributed by atoms with Crippen molar-refractivity contribution in [3.8, 4) is 5.75 Å². The highest BCUT2D eigenvalue weighted by atomic mass is 32.2. The number of hydrogen-bond acceptors (Lipinski definition) is 3. The van der Waals surface area contributed by atoms with Gasteiger partial charge in [-0.3, -0.25) is 4.99 Å². The van der Waals surface area contributed by atoms with E-state index < -0.39 is 0 Å². The van der Waals surface area contributed by atoms with E-state index in [1.807, 2.05) is 18.2 Å². The molecule has 0 unspecified atom stereocenters. The Morgan fingerprint density at radius 3 is 2.20 bits per heavy atom. The number of amidine groups is 1. The zero-order valence-corrected chi connectivity index (χ0v) is 18.8. The molecular weight excluding hydrogens is 388 g/mol. The van der Waals surface area contributed by atoms with Crippen LogP contribution in [0.5, 0.6) is 5.75 Å². The minimum atomic E-state index is 0.293. The fourth-order valence-electron chi connectivity index (χ4n) is 3.12. The summed E-state index contributed by atoms with van der Waals surface area (Å²) in [7, 11) is 0. The summed E-state index contributed by atoms with van der Waals surface area (Å²) in [6.07, 6.45) is 0. The largest absolute Gasteiger partial charge is 0.508 e. The first kappa shape index (κ1) is 22.0. The molecule has 4 heteroatoms. The fraction of sp³-hybridized carbons (Fsp3) is 0.269. The van der Waals surface area contributed by atoms with Crippen molar-refractivity contribution in [1.29, 1.82) is 0 Å². The molecule has 0 saturated carbocycles.